The van der Waals surface area contributed by atoms with Gasteiger partial charge >= 0.3 is 0 Å². The Bertz CT molecular complexity index is 150. The van der Waals surface area contributed by atoms with Gasteiger partial charge in [-0.1, -0.05) is 13.8 Å². The van der Waals surface area contributed by atoms with E-state index in [0.29, 0.717) is 11.8 Å². The third-order valence-electron chi connectivity index (χ3n) is 1.30. The summed E-state index contributed by atoms with van der Waals surface area (Å²) in [5.41, 5.74) is 0. The molecule has 0 bridgehead atoms. The topological polar surface area (TPSA) is 0 Å². The van der Waals surface area contributed by atoms with Crippen molar-refractivity contribution >= 4 is 11.8 Å². The Morgan fingerprint density at radius 2 is 1.45 bits per heavy atom. The lowest BCUT2D eigenvalue weighted by Gasteiger charge is -2.05. The molecule has 0 nitrogen and oxygen atoms in total. The van der Waals surface area contributed by atoms with E-state index < -0.39 is 0 Å². The van der Waals surface area contributed by atoms with Crippen molar-refractivity contribution in [3.8, 4) is 24.7 Å². The molecule has 0 aliphatic heterocycles. The fourth-order valence-electron chi connectivity index (χ4n) is 0.518. The molecule has 0 aromatic carbocycles. The molecule has 0 rings (SSSR count). The largest absolute Gasteiger partial charge is 0.159 e. The Balaban J connectivity index is 3.30. The molecule has 0 radical (unpaired) electrons. The molecule has 0 N–H and O–H groups in total. The van der Waals surface area contributed by atoms with E-state index in [9.17, 15) is 0 Å². The molecule has 0 saturated heterocycles. The van der Waals surface area contributed by atoms with Gasteiger partial charge in [-0.2, -0.15) is 11.8 Å². The van der Waals surface area contributed by atoms with Crippen LogP contribution in [0.1, 0.15) is 13.8 Å². The van der Waals surface area contributed by atoms with Crippen LogP contribution < -0.4 is 0 Å². The summed E-state index contributed by atoms with van der Waals surface area (Å²) in [4.78, 5) is 0. The molecule has 0 heterocycles. The predicted molar refractivity (Wildman–Crippen MR) is 53.3 cm³/mol. The normalized spacial score (nSPS) is 14.5. The third kappa shape index (κ3) is 5.89. The summed E-state index contributed by atoms with van der Waals surface area (Å²) in [5.74, 6) is 8.13. The van der Waals surface area contributed by atoms with Crippen LogP contribution in [0.5, 0.6) is 0 Å². The maximum Gasteiger partial charge on any atom is 0.0262 e. The van der Waals surface area contributed by atoms with Crippen molar-refractivity contribution in [3.63, 3.8) is 0 Å². The zero-order valence-electron chi connectivity index (χ0n) is 7.13. The summed E-state index contributed by atoms with van der Waals surface area (Å²) < 4.78 is 0. The minimum atomic E-state index is 0.366. The molecule has 2 atom stereocenters. The minimum absolute atomic E-state index is 0.366. The van der Waals surface area contributed by atoms with Gasteiger partial charge in [0.1, 0.15) is 0 Å². The fraction of sp³-hybridized carbons (Fsp3) is 0.600. The van der Waals surface area contributed by atoms with Crippen LogP contribution in [0, 0.1) is 36.5 Å². The minimum Gasteiger partial charge on any atom is -0.159 e. The molecule has 60 valence electrons. The average Bonchev–Trinajstić information content (AvgIpc) is 2.04. The van der Waals surface area contributed by atoms with E-state index in [1.54, 1.807) is 0 Å². The second-order valence-corrected chi connectivity index (χ2v) is 3.75. The fourth-order valence-corrected chi connectivity index (χ4v) is 1.55. The standard InChI is InChI=1S/C10H14S/c1-5-9(3)7-11-8-10(4)6-2/h1-2,9-10H,7-8H2,3-4H3. The third-order valence-corrected chi connectivity index (χ3v) is 2.78. The molecule has 0 aliphatic rings. The second kappa shape index (κ2) is 6.20. The van der Waals surface area contributed by atoms with Crippen LogP contribution in [0.3, 0.4) is 0 Å². The summed E-state index contributed by atoms with van der Waals surface area (Å²) in [6.45, 7) is 4.10. The van der Waals surface area contributed by atoms with Crippen LogP contribution in [0.2, 0.25) is 0 Å². The quantitative estimate of drug-likeness (QED) is 0.577. The van der Waals surface area contributed by atoms with Crippen LogP contribution in [0.25, 0.3) is 0 Å². The van der Waals surface area contributed by atoms with E-state index in [4.69, 9.17) is 12.8 Å². The van der Waals surface area contributed by atoms with Crippen LogP contribution >= 0.6 is 11.8 Å². The predicted octanol–water partition coefficient (Wildman–Crippen LogP) is 2.26. The van der Waals surface area contributed by atoms with E-state index in [2.05, 4.69) is 11.8 Å². The Kier molecular flexibility index (Phi) is 5.90. The Hall–Kier alpha value is -0.530. The Morgan fingerprint density at radius 1 is 1.09 bits per heavy atom. The Morgan fingerprint density at radius 3 is 1.73 bits per heavy atom. The first kappa shape index (κ1) is 10.5. The van der Waals surface area contributed by atoms with Crippen molar-refractivity contribution in [1.82, 2.24) is 0 Å². The average molecular weight is 166 g/mol. The van der Waals surface area contributed by atoms with Crippen LogP contribution in [0.4, 0.5) is 0 Å². The van der Waals surface area contributed by atoms with Crippen LogP contribution in [0.15, 0.2) is 0 Å². The van der Waals surface area contributed by atoms with Gasteiger partial charge in [0.2, 0.25) is 0 Å². The van der Waals surface area contributed by atoms with E-state index in [1.165, 1.54) is 0 Å². The van der Waals surface area contributed by atoms with Crippen molar-refractivity contribution in [2.75, 3.05) is 11.5 Å². The SMILES string of the molecule is C#CC(C)CSCC(C)C#C. The monoisotopic (exact) mass is 166 g/mol. The number of terminal acetylenes is 2. The molecule has 0 aliphatic carbocycles. The maximum absolute atomic E-state index is 5.22. The Labute approximate surface area is 74.1 Å². The van der Waals surface area contributed by atoms with E-state index in [-0.39, 0.29) is 0 Å². The van der Waals surface area contributed by atoms with Crippen LogP contribution in [-0.2, 0) is 0 Å². The van der Waals surface area contributed by atoms with Crippen molar-refractivity contribution in [1.29, 1.82) is 0 Å². The second-order valence-electron chi connectivity index (χ2n) is 2.67. The summed E-state index contributed by atoms with van der Waals surface area (Å²) in [6.07, 6.45) is 10.4. The molecule has 0 spiro atoms. The van der Waals surface area contributed by atoms with Gasteiger partial charge in [-0.25, -0.2) is 0 Å². The van der Waals surface area contributed by atoms with Gasteiger partial charge in [0.25, 0.3) is 0 Å². The molecule has 2 unspecified atom stereocenters. The highest BCUT2D eigenvalue weighted by molar-refractivity contribution is 7.99. The zero-order chi connectivity index (χ0) is 8.69. The molecule has 0 saturated carbocycles. The number of thioether (sulfide) groups is 1. The van der Waals surface area contributed by atoms with Gasteiger partial charge in [-0.15, -0.1) is 24.7 Å². The van der Waals surface area contributed by atoms with Crippen molar-refractivity contribution < 1.29 is 0 Å². The first-order valence-corrected chi connectivity index (χ1v) is 4.86. The lowest BCUT2D eigenvalue weighted by molar-refractivity contribution is 0.858. The van der Waals surface area contributed by atoms with Gasteiger partial charge in [-0.05, 0) is 0 Å². The summed E-state index contributed by atoms with van der Waals surface area (Å²) in [7, 11) is 0. The highest BCUT2D eigenvalue weighted by Gasteiger charge is 1.99. The lowest BCUT2D eigenvalue weighted by atomic mass is 10.2. The molecule has 0 amide bonds. The molecule has 11 heavy (non-hydrogen) atoms. The molecular formula is C10H14S. The van der Waals surface area contributed by atoms with E-state index in [1.807, 2.05) is 25.6 Å². The van der Waals surface area contributed by atoms with Crippen molar-refractivity contribution in [2.24, 2.45) is 11.8 Å². The highest BCUT2D eigenvalue weighted by atomic mass is 32.2. The maximum atomic E-state index is 5.22. The van der Waals surface area contributed by atoms with Crippen molar-refractivity contribution in [2.45, 2.75) is 13.8 Å². The zero-order valence-corrected chi connectivity index (χ0v) is 7.95. The van der Waals surface area contributed by atoms with Gasteiger partial charge in [0.15, 0.2) is 0 Å². The number of hydrogen-bond acceptors (Lipinski definition) is 1. The summed E-state index contributed by atoms with van der Waals surface area (Å²) in [5, 5.41) is 0. The van der Waals surface area contributed by atoms with Gasteiger partial charge in [0.05, 0.1) is 0 Å². The number of rotatable bonds is 4. The van der Waals surface area contributed by atoms with E-state index >= 15 is 0 Å². The van der Waals surface area contributed by atoms with Gasteiger partial charge in [0, 0.05) is 23.3 Å². The smallest absolute Gasteiger partial charge is 0.0262 e. The van der Waals surface area contributed by atoms with Gasteiger partial charge in [-0.3, -0.25) is 0 Å². The summed E-state index contributed by atoms with van der Waals surface area (Å²) in [6, 6.07) is 0. The first-order valence-electron chi connectivity index (χ1n) is 3.70. The van der Waals surface area contributed by atoms with Crippen LogP contribution in [-0.4, -0.2) is 11.5 Å². The molecule has 1 heteroatoms. The molecule has 0 fully saturated rings. The highest BCUT2D eigenvalue weighted by Crippen LogP contribution is 2.11. The van der Waals surface area contributed by atoms with Crippen molar-refractivity contribution in [3.05, 3.63) is 0 Å². The molecule has 0 aromatic rings. The van der Waals surface area contributed by atoms with Gasteiger partial charge < -0.3 is 0 Å². The van der Waals surface area contributed by atoms with E-state index in [0.717, 1.165) is 11.5 Å². The molecular weight excluding hydrogens is 152 g/mol. The molecule has 0 aromatic heterocycles. The lowest BCUT2D eigenvalue weighted by Crippen LogP contribution is -1.99. The number of hydrogen-bond donors (Lipinski definition) is 0. The summed E-state index contributed by atoms with van der Waals surface area (Å²) >= 11 is 1.83. The first-order chi connectivity index (χ1) is 5.20.